The van der Waals surface area contributed by atoms with E-state index in [0.717, 1.165) is 43.6 Å². The number of hydrogen-bond donors (Lipinski definition) is 2. The molecule has 0 bridgehead atoms. The molecule has 1 amide bonds. The predicted molar refractivity (Wildman–Crippen MR) is 124 cm³/mol. The van der Waals surface area contributed by atoms with Gasteiger partial charge >= 0.3 is 5.97 Å². The fraction of sp³-hybridized carbons (Fsp3) is 0.417. The number of carboxylic acid groups (broad SMARTS) is 1. The molecule has 1 saturated heterocycles. The Morgan fingerprint density at radius 2 is 1.77 bits per heavy atom. The highest BCUT2D eigenvalue weighted by Crippen LogP contribution is 2.34. The SMILES string of the molecule is CC(=O)NC1(c2ccccc2)CCN(CCC(CC(=O)O)c2ccc(Cl)c(Cl)c2)CC1. The van der Waals surface area contributed by atoms with Gasteiger partial charge in [-0.15, -0.1) is 0 Å². The fourth-order valence-electron chi connectivity index (χ4n) is 4.44. The predicted octanol–water partition coefficient (Wildman–Crippen LogP) is 5.07. The molecule has 1 unspecified atom stereocenters. The van der Waals surface area contributed by atoms with E-state index in [0.29, 0.717) is 16.5 Å². The van der Waals surface area contributed by atoms with Gasteiger partial charge in [0.25, 0.3) is 0 Å². The summed E-state index contributed by atoms with van der Waals surface area (Å²) in [4.78, 5) is 25.7. The number of carbonyl (C=O) groups excluding carboxylic acids is 1. The number of nitrogens with zero attached hydrogens (tertiary/aromatic N) is 1. The van der Waals surface area contributed by atoms with Crippen molar-refractivity contribution >= 4 is 35.1 Å². The molecule has 2 aromatic carbocycles. The lowest BCUT2D eigenvalue weighted by Gasteiger charge is -2.43. The summed E-state index contributed by atoms with van der Waals surface area (Å²) in [6.07, 6.45) is 2.38. The molecule has 0 aromatic heterocycles. The molecule has 2 N–H and O–H groups in total. The molecule has 7 heteroatoms. The van der Waals surface area contributed by atoms with Crippen LogP contribution in [0.4, 0.5) is 0 Å². The van der Waals surface area contributed by atoms with E-state index >= 15 is 0 Å². The molecule has 5 nitrogen and oxygen atoms in total. The summed E-state index contributed by atoms with van der Waals surface area (Å²) in [5.41, 5.74) is 1.67. The average molecular weight is 463 g/mol. The van der Waals surface area contributed by atoms with Gasteiger partial charge in [0.1, 0.15) is 0 Å². The summed E-state index contributed by atoms with van der Waals surface area (Å²) in [6, 6.07) is 15.5. The first kappa shape index (κ1) is 23.6. The zero-order valence-electron chi connectivity index (χ0n) is 17.6. The Balaban J connectivity index is 1.66. The molecule has 1 aliphatic heterocycles. The van der Waals surface area contributed by atoms with Crippen molar-refractivity contribution in [3.63, 3.8) is 0 Å². The minimum atomic E-state index is -0.830. The van der Waals surface area contributed by atoms with Gasteiger partial charge < -0.3 is 15.3 Å². The topological polar surface area (TPSA) is 69.6 Å². The highest BCUT2D eigenvalue weighted by atomic mass is 35.5. The lowest BCUT2D eigenvalue weighted by molar-refractivity contribution is -0.137. The van der Waals surface area contributed by atoms with Crippen LogP contribution < -0.4 is 5.32 Å². The van der Waals surface area contributed by atoms with Crippen LogP contribution in [-0.2, 0) is 15.1 Å². The van der Waals surface area contributed by atoms with Gasteiger partial charge in [0.15, 0.2) is 0 Å². The molecule has 0 radical (unpaired) electrons. The molecule has 0 saturated carbocycles. The van der Waals surface area contributed by atoms with Crippen molar-refractivity contribution in [1.29, 1.82) is 0 Å². The van der Waals surface area contributed by atoms with Gasteiger partial charge in [-0.1, -0.05) is 59.6 Å². The van der Waals surface area contributed by atoms with Gasteiger partial charge in [-0.3, -0.25) is 9.59 Å². The third-order valence-corrected chi connectivity index (χ3v) is 6.82. The van der Waals surface area contributed by atoms with E-state index in [-0.39, 0.29) is 23.8 Å². The molecule has 1 atom stereocenters. The van der Waals surface area contributed by atoms with E-state index in [4.69, 9.17) is 23.2 Å². The summed E-state index contributed by atoms with van der Waals surface area (Å²) < 4.78 is 0. The highest BCUT2D eigenvalue weighted by molar-refractivity contribution is 6.42. The number of halogens is 2. The van der Waals surface area contributed by atoms with Crippen LogP contribution in [0, 0.1) is 0 Å². The van der Waals surface area contributed by atoms with Crippen molar-refractivity contribution in [3.05, 3.63) is 69.7 Å². The molecule has 0 spiro atoms. The average Bonchev–Trinajstić information content (AvgIpc) is 2.74. The summed E-state index contributed by atoms with van der Waals surface area (Å²) >= 11 is 12.2. The minimum Gasteiger partial charge on any atom is -0.481 e. The van der Waals surface area contributed by atoms with Gasteiger partial charge in [0.05, 0.1) is 22.0 Å². The van der Waals surface area contributed by atoms with E-state index in [1.165, 1.54) is 0 Å². The third-order valence-electron chi connectivity index (χ3n) is 6.08. The zero-order chi connectivity index (χ0) is 22.4. The minimum absolute atomic E-state index is 0.0292. The Morgan fingerprint density at radius 1 is 1.10 bits per heavy atom. The normalized spacial score (nSPS) is 17.1. The molecule has 166 valence electrons. The lowest BCUT2D eigenvalue weighted by atomic mass is 9.80. The number of benzene rings is 2. The van der Waals surface area contributed by atoms with E-state index in [9.17, 15) is 14.7 Å². The summed E-state index contributed by atoms with van der Waals surface area (Å²) in [6.45, 7) is 4.00. The number of hydrogen-bond acceptors (Lipinski definition) is 3. The molecular weight excluding hydrogens is 435 g/mol. The first-order chi connectivity index (χ1) is 14.8. The number of rotatable bonds is 8. The second-order valence-electron chi connectivity index (χ2n) is 8.23. The van der Waals surface area contributed by atoms with Gasteiger partial charge in [0.2, 0.25) is 5.91 Å². The maximum Gasteiger partial charge on any atom is 0.303 e. The smallest absolute Gasteiger partial charge is 0.303 e. The summed E-state index contributed by atoms with van der Waals surface area (Å²) in [5, 5.41) is 13.5. The van der Waals surface area contributed by atoms with Crippen molar-refractivity contribution in [2.24, 2.45) is 0 Å². The van der Waals surface area contributed by atoms with E-state index in [1.807, 2.05) is 24.3 Å². The largest absolute Gasteiger partial charge is 0.481 e. The Kier molecular flexibility index (Phi) is 7.98. The quantitative estimate of drug-likeness (QED) is 0.574. The third kappa shape index (κ3) is 6.22. The van der Waals surface area contributed by atoms with Crippen LogP contribution in [0.3, 0.4) is 0 Å². The number of piperidine rings is 1. The van der Waals surface area contributed by atoms with Crippen LogP contribution in [0.5, 0.6) is 0 Å². The second kappa shape index (κ2) is 10.5. The second-order valence-corrected chi connectivity index (χ2v) is 9.04. The molecular formula is C24H28Cl2N2O3. The van der Waals surface area contributed by atoms with Crippen LogP contribution in [0.1, 0.15) is 49.7 Å². The van der Waals surface area contributed by atoms with E-state index < -0.39 is 5.97 Å². The van der Waals surface area contributed by atoms with Crippen LogP contribution in [-0.4, -0.2) is 41.5 Å². The van der Waals surface area contributed by atoms with Gasteiger partial charge in [-0.05, 0) is 55.0 Å². The Hall–Kier alpha value is -2.08. The maximum absolute atomic E-state index is 11.9. The van der Waals surface area contributed by atoms with E-state index in [1.54, 1.807) is 19.1 Å². The first-order valence-electron chi connectivity index (χ1n) is 10.5. The molecule has 0 aliphatic carbocycles. The van der Waals surface area contributed by atoms with Gasteiger partial charge in [-0.25, -0.2) is 0 Å². The highest BCUT2D eigenvalue weighted by Gasteiger charge is 2.36. The number of amides is 1. The van der Waals surface area contributed by atoms with Crippen molar-refractivity contribution in [2.75, 3.05) is 19.6 Å². The van der Waals surface area contributed by atoms with Crippen LogP contribution >= 0.6 is 23.2 Å². The molecule has 31 heavy (non-hydrogen) atoms. The van der Waals surface area contributed by atoms with Crippen molar-refractivity contribution < 1.29 is 14.7 Å². The molecule has 1 heterocycles. The first-order valence-corrected chi connectivity index (χ1v) is 11.3. The van der Waals surface area contributed by atoms with E-state index in [2.05, 4.69) is 22.3 Å². The van der Waals surface area contributed by atoms with Gasteiger partial charge in [0, 0.05) is 20.0 Å². The number of aliphatic carboxylic acids is 1. The van der Waals surface area contributed by atoms with Crippen molar-refractivity contribution in [3.8, 4) is 0 Å². The van der Waals surface area contributed by atoms with Gasteiger partial charge in [-0.2, -0.15) is 0 Å². The van der Waals surface area contributed by atoms with Crippen molar-refractivity contribution in [2.45, 2.75) is 44.1 Å². The molecule has 1 aliphatic rings. The Labute approximate surface area is 193 Å². The van der Waals surface area contributed by atoms with Crippen LogP contribution in [0.2, 0.25) is 10.0 Å². The number of nitrogens with one attached hydrogen (secondary N) is 1. The molecule has 3 rings (SSSR count). The van der Waals surface area contributed by atoms with Crippen molar-refractivity contribution in [1.82, 2.24) is 10.2 Å². The van der Waals surface area contributed by atoms with Crippen LogP contribution in [0.15, 0.2) is 48.5 Å². The van der Waals surface area contributed by atoms with Crippen LogP contribution in [0.25, 0.3) is 0 Å². The standard InChI is InChI=1S/C24H28Cl2N2O3/c1-17(29)27-24(20-5-3-2-4-6-20)10-13-28(14-11-24)12-9-19(16-23(30)31)18-7-8-21(25)22(26)15-18/h2-8,15,19H,9-14,16H2,1H3,(H,27,29)(H,30,31). The Morgan fingerprint density at radius 3 is 2.35 bits per heavy atom. The zero-order valence-corrected chi connectivity index (χ0v) is 19.1. The molecule has 1 fully saturated rings. The molecule has 2 aromatic rings. The Bertz CT molecular complexity index is 912. The lowest BCUT2D eigenvalue weighted by Crippen LogP contribution is -2.52. The number of carbonyl (C=O) groups is 2. The maximum atomic E-state index is 11.9. The number of carboxylic acids is 1. The monoisotopic (exact) mass is 462 g/mol. The summed E-state index contributed by atoms with van der Waals surface area (Å²) in [7, 11) is 0. The summed E-state index contributed by atoms with van der Waals surface area (Å²) in [5.74, 6) is -0.995. The number of likely N-dealkylation sites (tertiary alicyclic amines) is 1. The fourth-order valence-corrected chi connectivity index (χ4v) is 4.75.